The molecule has 21 heavy (non-hydrogen) atoms. The number of anilines is 1. The van der Waals surface area contributed by atoms with Crippen molar-refractivity contribution in [3.8, 4) is 0 Å². The normalized spacial score (nSPS) is 35.9. The van der Waals surface area contributed by atoms with Gasteiger partial charge in [-0.3, -0.25) is 9.59 Å². The maximum Gasteiger partial charge on any atom is 0.310 e. The Hall–Kier alpha value is -1.84. The van der Waals surface area contributed by atoms with Crippen LogP contribution in [0.4, 0.5) is 5.69 Å². The number of aryl methyl sites for hydroxylation is 1. The minimum Gasteiger partial charge on any atom is -0.462 e. The van der Waals surface area contributed by atoms with E-state index in [9.17, 15) is 9.59 Å². The second-order valence-electron chi connectivity index (χ2n) is 6.66. The molecule has 110 valence electrons. The molecule has 1 aromatic carbocycles. The molecule has 2 saturated carbocycles. The lowest BCUT2D eigenvalue weighted by molar-refractivity contribution is -0.145. The molecule has 1 N–H and O–H groups in total. The van der Waals surface area contributed by atoms with Crippen LogP contribution in [0, 0.1) is 37.5 Å². The Morgan fingerprint density at radius 1 is 1.29 bits per heavy atom. The third-order valence-corrected chi connectivity index (χ3v) is 5.65. The molecular weight excluding hydrogens is 266 g/mol. The number of benzene rings is 1. The van der Waals surface area contributed by atoms with Crippen LogP contribution < -0.4 is 5.32 Å². The summed E-state index contributed by atoms with van der Waals surface area (Å²) in [6, 6.07) is 5.89. The van der Waals surface area contributed by atoms with Crippen molar-refractivity contribution >= 4 is 17.6 Å². The summed E-state index contributed by atoms with van der Waals surface area (Å²) in [4.78, 5) is 24.7. The van der Waals surface area contributed by atoms with Gasteiger partial charge in [0.05, 0.1) is 11.8 Å². The molecular formula is C17H19NO3. The number of nitrogens with one attached hydrogen (secondary N) is 1. The molecule has 1 heterocycles. The summed E-state index contributed by atoms with van der Waals surface area (Å²) >= 11 is 0. The van der Waals surface area contributed by atoms with Gasteiger partial charge < -0.3 is 10.1 Å². The van der Waals surface area contributed by atoms with Gasteiger partial charge in [0, 0.05) is 11.6 Å². The first kappa shape index (κ1) is 12.9. The number of amides is 1. The van der Waals surface area contributed by atoms with Gasteiger partial charge in [0.15, 0.2) is 0 Å². The molecule has 2 aliphatic carbocycles. The summed E-state index contributed by atoms with van der Waals surface area (Å²) in [5, 5.41) is 3.03. The zero-order chi connectivity index (χ0) is 14.7. The predicted octanol–water partition coefficient (Wildman–Crippen LogP) is 2.44. The fourth-order valence-corrected chi connectivity index (χ4v) is 4.47. The van der Waals surface area contributed by atoms with Crippen molar-refractivity contribution in [2.45, 2.75) is 32.8 Å². The predicted molar refractivity (Wildman–Crippen MR) is 77.6 cm³/mol. The summed E-state index contributed by atoms with van der Waals surface area (Å²) in [6.07, 6.45) is 1.90. The summed E-state index contributed by atoms with van der Waals surface area (Å²) in [5.74, 6) is -0.0111. The summed E-state index contributed by atoms with van der Waals surface area (Å²) < 4.78 is 5.39. The zero-order valence-electron chi connectivity index (χ0n) is 12.3. The minimum atomic E-state index is -0.209. The molecule has 3 fully saturated rings. The number of hydrogen-bond donors (Lipinski definition) is 1. The van der Waals surface area contributed by atoms with E-state index in [2.05, 4.69) is 5.32 Å². The van der Waals surface area contributed by atoms with Crippen molar-refractivity contribution in [1.82, 2.24) is 0 Å². The zero-order valence-corrected chi connectivity index (χ0v) is 12.3. The van der Waals surface area contributed by atoms with Crippen molar-refractivity contribution in [1.29, 1.82) is 0 Å². The maximum atomic E-state index is 12.7. The Morgan fingerprint density at radius 2 is 2.10 bits per heavy atom. The molecule has 5 atom stereocenters. The van der Waals surface area contributed by atoms with E-state index >= 15 is 0 Å². The van der Waals surface area contributed by atoms with E-state index < -0.39 is 0 Å². The molecule has 0 unspecified atom stereocenters. The SMILES string of the molecule is Cc1cccc(NC(=O)[C@H]2[C@@H]3C[C@H]4[C@@H]2C(=O)O[C@@H]4C3)c1C. The molecule has 0 aromatic heterocycles. The van der Waals surface area contributed by atoms with Gasteiger partial charge in [0.25, 0.3) is 0 Å². The van der Waals surface area contributed by atoms with Crippen molar-refractivity contribution < 1.29 is 14.3 Å². The maximum absolute atomic E-state index is 12.7. The Labute approximate surface area is 123 Å². The number of esters is 1. The number of carbonyl (C=O) groups is 2. The first-order valence-corrected chi connectivity index (χ1v) is 7.64. The molecule has 0 radical (unpaired) electrons. The van der Waals surface area contributed by atoms with Crippen molar-refractivity contribution in [3.63, 3.8) is 0 Å². The van der Waals surface area contributed by atoms with Crippen molar-refractivity contribution in [2.24, 2.45) is 23.7 Å². The van der Waals surface area contributed by atoms with Crippen molar-refractivity contribution in [2.75, 3.05) is 5.32 Å². The number of fused-ring (bicyclic) bond motifs is 1. The van der Waals surface area contributed by atoms with Crippen LogP contribution in [0.25, 0.3) is 0 Å². The summed E-state index contributed by atoms with van der Waals surface area (Å²) in [5.41, 5.74) is 3.09. The lowest BCUT2D eigenvalue weighted by Gasteiger charge is -2.24. The van der Waals surface area contributed by atoms with E-state index in [4.69, 9.17) is 4.74 Å². The second-order valence-corrected chi connectivity index (χ2v) is 6.66. The summed E-state index contributed by atoms with van der Waals surface area (Å²) in [7, 11) is 0. The summed E-state index contributed by atoms with van der Waals surface area (Å²) in [6.45, 7) is 4.03. The van der Waals surface area contributed by atoms with Crippen molar-refractivity contribution in [3.05, 3.63) is 29.3 Å². The van der Waals surface area contributed by atoms with E-state index in [1.54, 1.807) is 0 Å². The molecule has 1 aromatic rings. The quantitative estimate of drug-likeness (QED) is 0.849. The second kappa shape index (κ2) is 4.33. The van der Waals surface area contributed by atoms with Crippen LogP contribution in [0.3, 0.4) is 0 Å². The van der Waals surface area contributed by atoms with Crippen LogP contribution >= 0.6 is 0 Å². The third-order valence-electron chi connectivity index (χ3n) is 5.65. The molecule has 4 nitrogen and oxygen atoms in total. The van der Waals surface area contributed by atoms with Crippen LogP contribution in [0.2, 0.25) is 0 Å². The number of rotatable bonds is 2. The van der Waals surface area contributed by atoms with E-state index in [0.29, 0.717) is 5.92 Å². The Balaban J connectivity index is 1.59. The first-order chi connectivity index (χ1) is 10.1. The lowest BCUT2D eigenvalue weighted by atomic mass is 9.79. The highest BCUT2D eigenvalue weighted by Gasteiger charge is 2.63. The van der Waals surface area contributed by atoms with Gasteiger partial charge in [0.2, 0.25) is 5.91 Å². The Bertz CT molecular complexity index is 637. The van der Waals surface area contributed by atoms with Crippen LogP contribution in [0.5, 0.6) is 0 Å². The highest BCUT2D eigenvalue weighted by atomic mass is 16.6. The van der Waals surface area contributed by atoms with Gasteiger partial charge in [-0.2, -0.15) is 0 Å². The topological polar surface area (TPSA) is 55.4 Å². The first-order valence-electron chi connectivity index (χ1n) is 7.64. The van der Waals surface area contributed by atoms with Gasteiger partial charge in [-0.25, -0.2) is 0 Å². The van der Waals surface area contributed by atoms with Crippen LogP contribution in [-0.2, 0) is 14.3 Å². The molecule has 1 aliphatic heterocycles. The van der Waals surface area contributed by atoms with Gasteiger partial charge in [0.1, 0.15) is 6.10 Å². The minimum absolute atomic E-state index is 0.0153. The molecule has 4 heteroatoms. The molecule has 1 saturated heterocycles. The highest BCUT2D eigenvalue weighted by Crippen LogP contribution is 2.57. The molecule has 1 amide bonds. The Morgan fingerprint density at radius 3 is 2.90 bits per heavy atom. The van der Waals surface area contributed by atoms with Gasteiger partial charge in [-0.05, 0) is 49.8 Å². The van der Waals surface area contributed by atoms with E-state index in [0.717, 1.165) is 29.7 Å². The number of hydrogen-bond acceptors (Lipinski definition) is 3. The van der Waals surface area contributed by atoms with Crippen LogP contribution in [0.1, 0.15) is 24.0 Å². The number of ether oxygens (including phenoxy) is 1. The average molecular weight is 285 g/mol. The van der Waals surface area contributed by atoms with Gasteiger partial charge in [-0.15, -0.1) is 0 Å². The number of carbonyl (C=O) groups excluding carboxylic acids is 2. The van der Waals surface area contributed by atoms with Crippen LogP contribution in [-0.4, -0.2) is 18.0 Å². The smallest absolute Gasteiger partial charge is 0.310 e. The monoisotopic (exact) mass is 285 g/mol. The highest BCUT2D eigenvalue weighted by molar-refractivity contribution is 5.97. The van der Waals surface area contributed by atoms with Crippen LogP contribution in [0.15, 0.2) is 18.2 Å². The molecule has 0 spiro atoms. The fraction of sp³-hybridized carbons (Fsp3) is 0.529. The molecule has 2 bridgehead atoms. The van der Waals surface area contributed by atoms with E-state index in [-0.39, 0.29) is 35.7 Å². The lowest BCUT2D eigenvalue weighted by Crippen LogP contribution is -2.36. The van der Waals surface area contributed by atoms with E-state index in [1.807, 2.05) is 32.0 Å². The van der Waals surface area contributed by atoms with E-state index in [1.165, 1.54) is 0 Å². The standard InChI is InChI=1S/C17H19NO3/c1-8-4-3-5-12(9(8)2)18-16(19)14-10-6-11-13(7-10)21-17(20)15(11)14/h3-5,10-11,13-15H,6-7H2,1-2H3,(H,18,19)/t10-,11-,13-,14+,15+/m1/s1. The van der Waals surface area contributed by atoms with Gasteiger partial charge >= 0.3 is 5.97 Å². The third kappa shape index (κ3) is 1.74. The Kier molecular flexibility index (Phi) is 2.65. The fourth-order valence-electron chi connectivity index (χ4n) is 4.47. The van der Waals surface area contributed by atoms with Gasteiger partial charge in [-0.1, -0.05) is 12.1 Å². The molecule has 3 aliphatic rings. The largest absolute Gasteiger partial charge is 0.462 e. The molecule has 4 rings (SSSR count). The average Bonchev–Trinajstić information content (AvgIpc) is 3.05.